The van der Waals surface area contributed by atoms with Crippen molar-refractivity contribution in [2.75, 3.05) is 6.54 Å². The average molecular weight is 396 g/mol. The van der Waals surface area contributed by atoms with Crippen LogP contribution in [0.25, 0.3) is 22.2 Å². The Kier molecular flexibility index (Phi) is 5.44. The number of rotatable bonds is 6. The summed E-state index contributed by atoms with van der Waals surface area (Å²) in [4.78, 5) is 7.42. The van der Waals surface area contributed by atoms with Gasteiger partial charge in [-0.25, -0.2) is 4.98 Å². The van der Waals surface area contributed by atoms with Gasteiger partial charge >= 0.3 is 0 Å². The third kappa shape index (κ3) is 4.33. The molecule has 0 aliphatic heterocycles. The van der Waals surface area contributed by atoms with E-state index < -0.39 is 0 Å². The van der Waals surface area contributed by atoms with Crippen LogP contribution in [0, 0.1) is 0 Å². The number of aromatic amines is 1. The zero-order valence-corrected chi connectivity index (χ0v) is 16.2. The van der Waals surface area contributed by atoms with Gasteiger partial charge in [-0.05, 0) is 59.5 Å². The SMILES string of the molecule is Clc1ccc(CCNCc2ccc(-c3ccc4nc[nH]c4c3)cc2)c(Cl)c1. The number of hydrogen-bond acceptors (Lipinski definition) is 2. The highest BCUT2D eigenvalue weighted by molar-refractivity contribution is 6.35. The number of aromatic nitrogens is 2. The van der Waals surface area contributed by atoms with E-state index in [9.17, 15) is 0 Å². The van der Waals surface area contributed by atoms with E-state index in [0.717, 1.165) is 41.1 Å². The van der Waals surface area contributed by atoms with Crippen LogP contribution in [0.2, 0.25) is 10.0 Å². The largest absolute Gasteiger partial charge is 0.345 e. The van der Waals surface area contributed by atoms with Gasteiger partial charge in [0.2, 0.25) is 0 Å². The Balaban J connectivity index is 1.33. The molecule has 1 heterocycles. The molecule has 27 heavy (non-hydrogen) atoms. The van der Waals surface area contributed by atoms with Crippen LogP contribution in [0.1, 0.15) is 11.1 Å². The molecule has 136 valence electrons. The van der Waals surface area contributed by atoms with Gasteiger partial charge in [-0.3, -0.25) is 0 Å². The first-order valence-corrected chi connectivity index (χ1v) is 9.62. The molecule has 2 N–H and O–H groups in total. The molecule has 0 saturated heterocycles. The predicted octanol–water partition coefficient (Wildman–Crippen LogP) is 5.87. The lowest BCUT2D eigenvalue weighted by Gasteiger charge is -2.08. The van der Waals surface area contributed by atoms with Crippen molar-refractivity contribution in [1.29, 1.82) is 0 Å². The van der Waals surface area contributed by atoms with E-state index in [4.69, 9.17) is 23.2 Å². The summed E-state index contributed by atoms with van der Waals surface area (Å²) in [5, 5.41) is 4.86. The number of imidazole rings is 1. The van der Waals surface area contributed by atoms with Gasteiger partial charge in [-0.2, -0.15) is 0 Å². The number of benzene rings is 3. The molecular weight excluding hydrogens is 377 g/mol. The molecule has 0 aliphatic carbocycles. The molecule has 5 heteroatoms. The van der Waals surface area contributed by atoms with Crippen LogP contribution < -0.4 is 5.32 Å². The van der Waals surface area contributed by atoms with Crippen molar-refractivity contribution in [3.8, 4) is 11.1 Å². The fraction of sp³-hybridized carbons (Fsp3) is 0.136. The molecule has 1 aromatic heterocycles. The normalized spacial score (nSPS) is 11.2. The van der Waals surface area contributed by atoms with E-state index in [0.29, 0.717) is 5.02 Å². The molecule has 0 radical (unpaired) electrons. The van der Waals surface area contributed by atoms with Gasteiger partial charge in [-0.1, -0.05) is 59.6 Å². The van der Waals surface area contributed by atoms with Crippen LogP contribution in [0.15, 0.2) is 67.0 Å². The Bertz CT molecular complexity index is 1050. The second-order valence-electron chi connectivity index (χ2n) is 6.49. The second kappa shape index (κ2) is 8.13. The maximum absolute atomic E-state index is 6.21. The first-order valence-electron chi connectivity index (χ1n) is 8.86. The van der Waals surface area contributed by atoms with E-state index in [2.05, 4.69) is 51.7 Å². The summed E-state index contributed by atoms with van der Waals surface area (Å²) >= 11 is 12.1. The fourth-order valence-corrected chi connectivity index (χ4v) is 3.61. The molecule has 0 aliphatic rings. The van der Waals surface area contributed by atoms with Crippen molar-refractivity contribution in [2.45, 2.75) is 13.0 Å². The van der Waals surface area contributed by atoms with Crippen LogP contribution in [-0.2, 0) is 13.0 Å². The Morgan fingerprint density at radius 1 is 0.889 bits per heavy atom. The van der Waals surface area contributed by atoms with Gasteiger partial charge in [0.15, 0.2) is 0 Å². The molecule has 0 saturated carbocycles. The molecule has 4 rings (SSSR count). The zero-order chi connectivity index (χ0) is 18.6. The van der Waals surface area contributed by atoms with Gasteiger partial charge in [0.1, 0.15) is 0 Å². The molecule has 0 unspecified atom stereocenters. The van der Waals surface area contributed by atoms with Crippen LogP contribution in [0.5, 0.6) is 0 Å². The molecule has 4 aromatic rings. The lowest BCUT2D eigenvalue weighted by molar-refractivity contribution is 0.687. The van der Waals surface area contributed by atoms with E-state index in [1.807, 2.05) is 18.2 Å². The van der Waals surface area contributed by atoms with Crippen molar-refractivity contribution in [3.63, 3.8) is 0 Å². The van der Waals surface area contributed by atoms with Crippen molar-refractivity contribution in [3.05, 3.63) is 88.2 Å². The summed E-state index contributed by atoms with van der Waals surface area (Å²) in [6.07, 6.45) is 2.60. The van der Waals surface area contributed by atoms with E-state index in [1.165, 1.54) is 16.7 Å². The highest BCUT2D eigenvalue weighted by Gasteiger charge is 2.03. The summed E-state index contributed by atoms with van der Waals surface area (Å²) < 4.78 is 0. The number of H-pyrrole nitrogens is 1. The van der Waals surface area contributed by atoms with E-state index >= 15 is 0 Å². The zero-order valence-electron chi connectivity index (χ0n) is 14.7. The molecule has 3 nitrogen and oxygen atoms in total. The summed E-state index contributed by atoms with van der Waals surface area (Å²) in [5.74, 6) is 0. The molecule has 0 fully saturated rings. The summed E-state index contributed by atoms with van der Waals surface area (Å²) in [5.41, 5.74) is 6.79. The van der Waals surface area contributed by atoms with Gasteiger partial charge in [0.05, 0.1) is 17.4 Å². The van der Waals surface area contributed by atoms with E-state index in [-0.39, 0.29) is 0 Å². The predicted molar refractivity (Wildman–Crippen MR) is 113 cm³/mol. The minimum atomic E-state index is 0.670. The Hall–Kier alpha value is -2.33. The van der Waals surface area contributed by atoms with Crippen molar-refractivity contribution < 1.29 is 0 Å². The molecule has 0 amide bonds. The van der Waals surface area contributed by atoms with Gasteiger partial charge in [0, 0.05) is 16.6 Å². The third-order valence-electron chi connectivity index (χ3n) is 4.62. The smallest absolute Gasteiger partial charge is 0.0931 e. The fourth-order valence-electron chi connectivity index (χ4n) is 3.11. The van der Waals surface area contributed by atoms with Gasteiger partial charge < -0.3 is 10.3 Å². The summed E-state index contributed by atoms with van der Waals surface area (Å²) in [6, 6.07) is 20.6. The molecule has 0 spiro atoms. The molecule has 0 atom stereocenters. The van der Waals surface area contributed by atoms with Crippen molar-refractivity contribution in [1.82, 2.24) is 15.3 Å². The number of halogens is 2. The highest BCUT2D eigenvalue weighted by atomic mass is 35.5. The van der Waals surface area contributed by atoms with Crippen LogP contribution in [0.3, 0.4) is 0 Å². The van der Waals surface area contributed by atoms with E-state index in [1.54, 1.807) is 12.4 Å². The quantitative estimate of drug-likeness (QED) is 0.400. The lowest BCUT2D eigenvalue weighted by Crippen LogP contribution is -2.16. The maximum atomic E-state index is 6.21. The topological polar surface area (TPSA) is 40.7 Å². The first-order chi connectivity index (χ1) is 13.2. The molecule has 0 bridgehead atoms. The number of nitrogens with zero attached hydrogens (tertiary/aromatic N) is 1. The molecule has 3 aromatic carbocycles. The Labute approximate surface area is 168 Å². The Morgan fingerprint density at radius 2 is 1.70 bits per heavy atom. The van der Waals surface area contributed by atoms with Gasteiger partial charge in [-0.15, -0.1) is 0 Å². The monoisotopic (exact) mass is 395 g/mol. The lowest BCUT2D eigenvalue weighted by atomic mass is 10.0. The number of fused-ring (bicyclic) bond motifs is 1. The van der Waals surface area contributed by atoms with Crippen LogP contribution in [-0.4, -0.2) is 16.5 Å². The van der Waals surface area contributed by atoms with Crippen molar-refractivity contribution >= 4 is 34.2 Å². The number of hydrogen-bond donors (Lipinski definition) is 2. The van der Waals surface area contributed by atoms with Crippen LogP contribution in [0.4, 0.5) is 0 Å². The average Bonchev–Trinajstić information content (AvgIpc) is 3.15. The minimum absolute atomic E-state index is 0.670. The summed E-state index contributed by atoms with van der Waals surface area (Å²) in [7, 11) is 0. The Morgan fingerprint density at radius 3 is 2.52 bits per heavy atom. The first kappa shape index (κ1) is 18.1. The number of nitrogens with one attached hydrogen (secondary N) is 2. The molecular formula is C22H19Cl2N3. The second-order valence-corrected chi connectivity index (χ2v) is 7.34. The third-order valence-corrected chi connectivity index (χ3v) is 5.21. The highest BCUT2D eigenvalue weighted by Crippen LogP contribution is 2.23. The van der Waals surface area contributed by atoms with Crippen LogP contribution >= 0.6 is 23.2 Å². The standard InChI is InChI=1S/C22H19Cl2N3/c23-19-7-5-17(20(24)12-19)9-10-25-13-15-1-3-16(4-2-15)18-6-8-21-22(11-18)27-14-26-21/h1-8,11-12,14,25H,9-10,13H2,(H,26,27). The summed E-state index contributed by atoms with van der Waals surface area (Å²) in [6.45, 7) is 1.69. The minimum Gasteiger partial charge on any atom is -0.345 e. The van der Waals surface area contributed by atoms with Crippen molar-refractivity contribution in [2.24, 2.45) is 0 Å². The maximum Gasteiger partial charge on any atom is 0.0931 e. The van der Waals surface area contributed by atoms with Gasteiger partial charge in [0.25, 0.3) is 0 Å².